The molecule has 160 valence electrons. The maximum absolute atomic E-state index is 14.3. The van der Waals surface area contributed by atoms with Gasteiger partial charge < -0.3 is 10.6 Å². The third-order valence-electron chi connectivity index (χ3n) is 5.48. The van der Waals surface area contributed by atoms with Gasteiger partial charge in [0.25, 0.3) is 0 Å². The quantitative estimate of drug-likeness (QED) is 0.759. The number of hydrogen-bond acceptors (Lipinski definition) is 4. The molecule has 1 atom stereocenters. The van der Waals surface area contributed by atoms with E-state index in [2.05, 4.69) is 10.6 Å². The Balaban J connectivity index is 1.99. The predicted octanol–water partition coefficient (Wildman–Crippen LogP) is 1.54. The zero-order valence-corrected chi connectivity index (χ0v) is 17.2. The van der Waals surface area contributed by atoms with Crippen LogP contribution in [0.3, 0.4) is 0 Å². The van der Waals surface area contributed by atoms with E-state index in [0.29, 0.717) is 18.9 Å². The maximum atomic E-state index is 14.3. The summed E-state index contributed by atoms with van der Waals surface area (Å²) in [5.74, 6) is -3.33. The van der Waals surface area contributed by atoms with Gasteiger partial charge in [-0.25, -0.2) is 17.2 Å². The minimum atomic E-state index is -4.36. The Bertz CT molecular complexity index is 914. The van der Waals surface area contributed by atoms with Crippen LogP contribution in [0.4, 0.5) is 8.78 Å². The molecule has 2 fully saturated rings. The number of sulfonamides is 1. The topological polar surface area (TPSA) is 95.6 Å². The van der Waals surface area contributed by atoms with Gasteiger partial charge in [-0.3, -0.25) is 9.59 Å². The number of amides is 2. The summed E-state index contributed by atoms with van der Waals surface area (Å²) < 4.78 is 54.9. The highest BCUT2D eigenvalue weighted by molar-refractivity contribution is 7.89. The second-order valence-electron chi connectivity index (χ2n) is 8.06. The molecule has 0 radical (unpaired) electrons. The Hall–Kier alpha value is -2.07. The van der Waals surface area contributed by atoms with Crippen LogP contribution in [-0.4, -0.2) is 49.2 Å². The second kappa shape index (κ2) is 7.98. The van der Waals surface area contributed by atoms with Crippen LogP contribution >= 0.6 is 0 Å². The molecule has 1 aromatic rings. The van der Waals surface area contributed by atoms with E-state index in [9.17, 15) is 26.8 Å². The number of nitrogens with zero attached hydrogens (tertiary/aromatic N) is 1. The first-order valence-corrected chi connectivity index (χ1v) is 11.1. The van der Waals surface area contributed by atoms with Gasteiger partial charge in [0, 0.05) is 25.1 Å². The van der Waals surface area contributed by atoms with Gasteiger partial charge in [0.2, 0.25) is 21.8 Å². The average Bonchev–Trinajstić information content (AvgIpc) is 3.01. The van der Waals surface area contributed by atoms with Crippen molar-refractivity contribution in [1.82, 2.24) is 14.9 Å². The molecule has 0 bridgehead atoms. The fourth-order valence-electron chi connectivity index (χ4n) is 3.87. The van der Waals surface area contributed by atoms with E-state index in [1.54, 1.807) is 13.8 Å². The summed E-state index contributed by atoms with van der Waals surface area (Å²) in [5, 5.41) is 5.49. The minimum Gasteiger partial charge on any atom is -0.348 e. The lowest BCUT2D eigenvalue weighted by Gasteiger charge is -2.32. The van der Waals surface area contributed by atoms with E-state index in [-0.39, 0.29) is 13.1 Å². The molecule has 2 amide bonds. The van der Waals surface area contributed by atoms with Crippen LogP contribution in [0, 0.1) is 17.6 Å². The monoisotopic (exact) mass is 429 g/mol. The standard InChI is InChI=1S/C19H25F2N3O4S/c1-12(2)17(25)22-15-10-24(11-19(23-18(15)26)7-3-4-8-19)29(27,28)16-6-5-13(20)9-14(16)21/h5-6,9,12,15H,3-4,7-8,10-11H2,1-2H3,(H,22,25)(H,23,26). The van der Waals surface area contributed by atoms with Gasteiger partial charge in [-0.15, -0.1) is 0 Å². The van der Waals surface area contributed by atoms with Gasteiger partial charge >= 0.3 is 0 Å². The van der Waals surface area contributed by atoms with E-state index < -0.39 is 55.9 Å². The largest absolute Gasteiger partial charge is 0.348 e. The Kier molecular flexibility index (Phi) is 5.96. The third kappa shape index (κ3) is 4.42. The van der Waals surface area contributed by atoms with Crippen LogP contribution in [0.15, 0.2) is 23.1 Å². The molecule has 0 aromatic heterocycles. The summed E-state index contributed by atoms with van der Waals surface area (Å²) in [4.78, 5) is 24.3. The molecular weight excluding hydrogens is 404 g/mol. The van der Waals surface area contributed by atoms with Crippen LogP contribution in [0.5, 0.6) is 0 Å². The van der Waals surface area contributed by atoms with Crippen molar-refractivity contribution in [3.63, 3.8) is 0 Å². The lowest BCUT2D eigenvalue weighted by Crippen LogP contribution is -2.54. The second-order valence-corrected chi connectivity index (χ2v) is 9.97. The summed E-state index contributed by atoms with van der Waals surface area (Å²) in [6.07, 6.45) is 2.81. The van der Waals surface area contributed by atoms with E-state index in [0.717, 1.165) is 29.3 Å². The Morgan fingerprint density at radius 3 is 2.52 bits per heavy atom. The summed E-state index contributed by atoms with van der Waals surface area (Å²) in [6, 6.07) is 1.16. The molecule has 1 heterocycles. The van der Waals surface area contributed by atoms with Crippen LogP contribution in [0.25, 0.3) is 0 Å². The highest BCUT2D eigenvalue weighted by Crippen LogP contribution is 2.34. The van der Waals surface area contributed by atoms with E-state index >= 15 is 0 Å². The number of carbonyl (C=O) groups excluding carboxylic acids is 2. The molecule has 2 N–H and O–H groups in total. The molecule has 2 aliphatic rings. The predicted molar refractivity (Wildman–Crippen MR) is 101 cm³/mol. The summed E-state index contributed by atoms with van der Waals surface area (Å²) in [6.45, 7) is 2.95. The zero-order chi connectivity index (χ0) is 21.4. The molecule has 1 saturated carbocycles. The highest BCUT2D eigenvalue weighted by atomic mass is 32.2. The molecule has 1 saturated heterocycles. The normalized spacial score (nSPS) is 22.5. The molecule has 1 unspecified atom stereocenters. The van der Waals surface area contributed by atoms with Crippen LogP contribution in [-0.2, 0) is 19.6 Å². The summed E-state index contributed by atoms with van der Waals surface area (Å²) in [5.41, 5.74) is -0.766. The minimum absolute atomic E-state index is 0.0358. The van der Waals surface area contributed by atoms with Crippen LogP contribution < -0.4 is 10.6 Å². The smallest absolute Gasteiger partial charge is 0.246 e. The number of carbonyl (C=O) groups is 2. The first-order chi connectivity index (χ1) is 13.5. The van der Waals surface area contributed by atoms with Gasteiger partial charge in [-0.2, -0.15) is 4.31 Å². The van der Waals surface area contributed by atoms with Crippen molar-refractivity contribution in [2.45, 2.75) is 56.0 Å². The molecule has 1 aliphatic heterocycles. The molecular formula is C19H25F2N3O4S. The van der Waals surface area contributed by atoms with Crippen molar-refractivity contribution in [2.75, 3.05) is 13.1 Å². The fourth-order valence-corrected chi connectivity index (χ4v) is 5.45. The van der Waals surface area contributed by atoms with Crippen molar-refractivity contribution in [1.29, 1.82) is 0 Å². The summed E-state index contributed by atoms with van der Waals surface area (Å²) >= 11 is 0. The maximum Gasteiger partial charge on any atom is 0.246 e. The van der Waals surface area contributed by atoms with Gasteiger partial charge in [0.05, 0.1) is 5.54 Å². The molecule has 7 nitrogen and oxygen atoms in total. The number of rotatable bonds is 4. The van der Waals surface area contributed by atoms with E-state index in [1.807, 2.05) is 0 Å². The molecule has 29 heavy (non-hydrogen) atoms. The number of halogens is 2. The fraction of sp³-hybridized carbons (Fsp3) is 0.579. The van der Waals surface area contributed by atoms with Crippen molar-refractivity contribution in [3.05, 3.63) is 29.8 Å². The molecule has 10 heteroatoms. The Morgan fingerprint density at radius 1 is 1.28 bits per heavy atom. The van der Waals surface area contributed by atoms with Gasteiger partial charge in [0.15, 0.2) is 0 Å². The van der Waals surface area contributed by atoms with Crippen molar-refractivity contribution in [2.24, 2.45) is 5.92 Å². The number of hydrogen-bond donors (Lipinski definition) is 2. The van der Waals surface area contributed by atoms with Gasteiger partial charge in [-0.1, -0.05) is 26.7 Å². The number of benzene rings is 1. The SMILES string of the molecule is CC(C)C(=O)NC1CN(S(=O)(=O)c2ccc(F)cc2F)CC2(CCCC2)NC1=O. The molecule has 1 spiro atoms. The lowest BCUT2D eigenvalue weighted by molar-refractivity contribution is -0.131. The first-order valence-electron chi connectivity index (χ1n) is 9.62. The third-order valence-corrected chi connectivity index (χ3v) is 7.33. The lowest BCUT2D eigenvalue weighted by atomic mass is 9.98. The highest BCUT2D eigenvalue weighted by Gasteiger charge is 2.46. The van der Waals surface area contributed by atoms with E-state index in [1.165, 1.54) is 0 Å². The van der Waals surface area contributed by atoms with Crippen LogP contribution in [0.1, 0.15) is 39.5 Å². The molecule has 1 aromatic carbocycles. The van der Waals surface area contributed by atoms with Crippen molar-refractivity contribution < 1.29 is 26.8 Å². The molecule has 3 rings (SSSR count). The molecule has 1 aliphatic carbocycles. The Labute approximate surface area is 168 Å². The average molecular weight is 429 g/mol. The van der Waals surface area contributed by atoms with Crippen molar-refractivity contribution >= 4 is 21.8 Å². The van der Waals surface area contributed by atoms with Crippen molar-refractivity contribution in [3.8, 4) is 0 Å². The van der Waals surface area contributed by atoms with E-state index in [4.69, 9.17) is 0 Å². The summed E-state index contributed by atoms with van der Waals surface area (Å²) in [7, 11) is -4.36. The Morgan fingerprint density at radius 2 is 1.93 bits per heavy atom. The first kappa shape index (κ1) is 21.6. The number of nitrogens with one attached hydrogen (secondary N) is 2. The van der Waals surface area contributed by atoms with Gasteiger partial charge in [-0.05, 0) is 25.0 Å². The van der Waals surface area contributed by atoms with Gasteiger partial charge in [0.1, 0.15) is 22.6 Å². The zero-order valence-electron chi connectivity index (χ0n) is 16.4. The van der Waals surface area contributed by atoms with Crippen LogP contribution in [0.2, 0.25) is 0 Å².